The van der Waals surface area contributed by atoms with Gasteiger partial charge in [0.15, 0.2) is 0 Å². The molecule has 0 aliphatic heterocycles. The lowest BCUT2D eigenvalue weighted by molar-refractivity contribution is 0.316. The summed E-state index contributed by atoms with van der Waals surface area (Å²) in [5, 5.41) is 12.1. The zero-order chi connectivity index (χ0) is 16.2. The van der Waals surface area contributed by atoms with Crippen molar-refractivity contribution >= 4 is 15.8 Å². The summed E-state index contributed by atoms with van der Waals surface area (Å²) in [6.07, 6.45) is 3.42. The van der Waals surface area contributed by atoms with E-state index in [0.717, 1.165) is 24.1 Å². The number of aromatic nitrogens is 1. The van der Waals surface area contributed by atoms with E-state index < -0.39 is 10.0 Å². The molecular formula is C15H22N4O2S. The van der Waals surface area contributed by atoms with Crippen molar-refractivity contribution in [2.75, 3.05) is 24.2 Å². The topological polar surface area (TPSA) is 94.9 Å². The predicted octanol–water partition coefficient (Wildman–Crippen LogP) is 1.70. The Labute approximate surface area is 132 Å². The van der Waals surface area contributed by atoms with Crippen molar-refractivity contribution in [2.24, 2.45) is 5.92 Å². The van der Waals surface area contributed by atoms with Crippen molar-refractivity contribution < 1.29 is 8.42 Å². The van der Waals surface area contributed by atoms with Gasteiger partial charge in [-0.15, -0.1) is 0 Å². The van der Waals surface area contributed by atoms with Crippen molar-refractivity contribution in [1.82, 2.24) is 9.71 Å². The van der Waals surface area contributed by atoms with Crippen LogP contribution in [0.1, 0.15) is 36.1 Å². The molecule has 0 spiro atoms. The summed E-state index contributed by atoms with van der Waals surface area (Å²) in [7, 11) is -3.29. The van der Waals surface area contributed by atoms with Crippen LogP contribution in [0.2, 0.25) is 0 Å². The third kappa shape index (κ3) is 4.42. The standard InChI is InChI=1S/C15H22N4O2S/c1-11-8-12(2)19-15(14(11)9-16)17-6-7-22(20,21)18-10-13-4-3-5-13/h8,13,18H,3-7,10H2,1-2H3,(H,17,19). The fourth-order valence-corrected chi connectivity index (χ4v) is 3.43. The smallest absolute Gasteiger partial charge is 0.213 e. The molecular weight excluding hydrogens is 300 g/mol. The van der Waals surface area contributed by atoms with Crippen LogP contribution in [0.4, 0.5) is 5.82 Å². The zero-order valence-electron chi connectivity index (χ0n) is 13.0. The minimum Gasteiger partial charge on any atom is -0.368 e. The van der Waals surface area contributed by atoms with Gasteiger partial charge in [0.05, 0.1) is 11.3 Å². The molecule has 0 amide bonds. The molecule has 2 N–H and O–H groups in total. The fraction of sp³-hybridized carbons (Fsp3) is 0.600. The Hall–Kier alpha value is -1.65. The number of anilines is 1. The van der Waals surface area contributed by atoms with Crippen LogP contribution in [-0.4, -0.2) is 32.2 Å². The summed E-state index contributed by atoms with van der Waals surface area (Å²) in [6.45, 7) is 4.45. The van der Waals surface area contributed by atoms with E-state index in [9.17, 15) is 8.42 Å². The molecule has 0 atom stereocenters. The number of hydrogen-bond donors (Lipinski definition) is 2. The minimum atomic E-state index is -3.29. The van der Waals surface area contributed by atoms with Crippen LogP contribution in [0.25, 0.3) is 0 Å². The van der Waals surface area contributed by atoms with E-state index >= 15 is 0 Å². The van der Waals surface area contributed by atoms with Gasteiger partial charge in [-0.2, -0.15) is 5.26 Å². The maximum Gasteiger partial charge on any atom is 0.213 e. The Morgan fingerprint density at radius 1 is 1.41 bits per heavy atom. The first-order chi connectivity index (χ1) is 10.4. The molecule has 120 valence electrons. The minimum absolute atomic E-state index is 0.0285. The second-order valence-electron chi connectivity index (χ2n) is 5.81. The number of nitriles is 1. The van der Waals surface area contributed by atoms with Gasteiger partial charge in [-0.1, -0.05) is 6.42 Å². The SMILES string of the molecule is Cc1cc(C)c(C#N)c(NCCS(=O)(=O)NCC2CCC2)n1. The highest BCUT2D eigenvalue weighted by molar-refractivity contribution is 7.89. The number of pyridine rings is 1. The lowest BCUT2D eigenvalue weighted by atomic mass is 9.86. The van der Waals surface area contributed by atoms with E-state index in [1.165, 1.54) is 6.42 Å². The van der Waals surface area contributed by atoms with Gasteiger partial charge in [0.25, 0.3) is 0 Å². The van der Waals surface area contributed by atoms with Crippen LogP contribution in [0.3, 0.4) is 0 Å². The first-order valence-electron chi connectivity index (χ1n) is 7.51. The lowest BCUT2D eigenvalue weighted by Gasteiger charge is -2.25. The summed E-state index contributed by atoms with van der Waals surface area (Å²) >= 11 is 0. The molecule has 1 saturated carbocycles. The summed E-state index contributed by atoms with van der Waals surface area (Å²) < 4.78 is 26.5. The molecule has 0 bridgehead atoms. The van der Waals surface area contributed by atoms with E-state index in [2.05, 4.69) is 21.1 Å². The summed E-state index contributed by atoms with van der Waals surface area (Å²) in [4.78, 5) is 4.27. The Bertz CT molecular complexity index is 676. The summed E-state index contributed by atoms with van der Waals surface area (Å²) in [6, 6.07) is 3.94. The Balaban J connectivity index is 1.89. The maximum atomic E-state index is 11.9. The number of nitrogens with zero attached hydrogens (tertiary/aromatic N) is 2. The molecule has 0 saturated heterocycles. The predicted molar refractivity (Wildman–Crippen MR) is 86.0 cm³/mol. The Morgan fingerprint density at radius 3 is 2.73 bits per heavy atom. The van der Waals surface area contributed by atoms with Crippen LogP contribution >= 0.6 is 0 Å². The largest absolute Gasteiger partial charge is 0.368 e. The highest BCUT2D eigenvalue weighted by Gasteiger charge is 2.20. The molecule has 1 aromatic rings. The molecule has 7 heteroatoms. The summed E-state index contributed by atoms with van der Waals surface area (Å²) in [5.74, 6) is 0.919. The van der Waals surface area contributed by atoms with Crippen LogP contribution in [0.15, 0.2) is 6.07 Å². The third-order valence-electron chi connectivity index (χ3n) is 3.94. The van der Waals surface area contributed by atoms with Crippen LogP contribution in [0.5, 0.6) is 0 Å². The van der Waals surface area contributed by atoms with Crippen molar-refractivity contribution in [1.29, 1.82) is 5.26 Å². The molecule has 1 aliphatic carbocycles. The second kappa shape index (κ2) is 7.07. The van der Waals surface area contributed by atoms with E-state index in [4.69, 9.17) is 5.26 Å². The molecule has 0 radical (unpaired) electrons. The molecule has 1 heterocycles. The maximum absolute atomic E-state index is 11.9. The molecule has 2 rings (SSSR count). The van der Waals surface area contributed by atoms with E-state index in [0.29, 0.717) is 23.8 Å². The van der Waals surface area contributed by atoms with Gasteiger partial charge in [0.1, 0.15) is 11.9 Å². The van der Waals surface area contributed by atoms with E-state index in [1.807, 2.05) is 19.9 Å². The number of hydrogen-bond acceptors (Lipinski definition) is 5. The first-order valence-corrected chi connectivity index (χ1v) is 9.16. The van der Waals surface area contributed by atoms with Crippen LogP contribution < -0.4 is 10.0 Å². The highest BCUT2D eigenvalue weighted by atomic mass is 32.2. The first kappa shape index (κ1) is 16.7. The quantitative estimate of drug-likeness (QED) is 0.797. The highest BCUT2D eigenvalue weighted by Crippen LogP contribution is 2.25. The number of aryl methyl sites for hydroxylation is 2. The van der Waals surface area contributed by atoms with Gasteiger partial charge in [0, 0.05) is 18.8 Å². The van der Waals surface area contributed by atoms with Gasteiger partial charge < -0.3 is 5.32 Å². The summed E-state index contributed by atoms with van der Waals surface area (Å²) in [5.41, 5.74) is 2.10. The van der Waals surface area contributed by atoms with Crippen molar-refractivity contribution in [3.05, 3.63) is 22.9 Å². The number of sulfonamides is 1. The van der Waals surface area contributed by atoms with Gasteiger partial charge in [-0.05, 0) is 44.2 Å². The monoisotopic (exact) mass is 322 g/mol. The average molecular weight is 322 g/mol. The van der Waals surface area contributed by atoms with Gasteiger partial charge in [-0.25, -0.2) is 18.1 Å². The lowest BCUT2D eigenvalue weighted by Crippen LogP contribution is -2.35. The Morgan fingerprint density at radius 2 is 2.14 bits per heavy atom. The molecule has 0 aromatic carbocycles. The molecule has 22 heavy (non-hydrogen) atoms. The second-order valence-corrected chi connectivity index (χ2v) is 7.73. The third-order valence-corrected chi connectivity index (χ3v) is 5.28. The number of rotatable bonds is 7. The molecule has 1 aliphatic rings. The zero-order valence-corrected chi connectivity index (χ0v) is 13.8. The van der Waals surface area contributed by atoms with Gasteiger partial charge in [-0.3, -0.25) is 0 Å². The molecule has 6 nitrogen and oxygen atoms in total. The van der Waals surface area contributed by atoms with Gasteiger partial charge >= 0.3 is 0 Å². The van der Waals surface area contributed by atoms with Crippen molar-refractivity contribution in [3.63, 3.8) is 0 Å². The average Bonchev–Trinajstić information content (AvgIpc) is 2.36. The van der Waals surface area contributed by atoms with E-state index in [-0.39, 0.29) is 12.3 Å². The van der Waals surface area contributed by atoms with Gasteiger partial charge in [0.2, 0.25) is 10.0 Å². The van der Waals surface area contributed by atoms with Crippen molar-refractivity contribution in [3.8, 4) is 6.07 Å². The normalized spacial score (nSPS) is 15.1. The fourth-order valence-electron chi connectivity index (χ4n) is 2.42. The molecule has 1 aromatic heterocycles. The molecule has 1 fully saturated rings. The molecule has 0 unspecified atom stereocenters. The number of nitrogens with one attached hydrogen (secondary N) is 2. The van der Waals surface area contributed by atoms with Crippen molar-refractivity contribution in [2.45, 2.75) is 33.1 Å². The van der Waals surface area contributed by atoms with Crippen LogP contribution in [-0.2, 0) is 10.0 Å². The van der Waals surface area contributed by atoms with E-state index in [1.54, 1.807) is 0 Å². The van der Waals surface area contributed by atoms with Crippen LogP contribution in [0, 0.1) is 31.1 Å². The Kier molecular flexibility index (Phi) is 5.37.